The summed E-state index contributed by atoms with van der Waals surface area (Å²) in [4.78, 5) is 10.3. The average molecular weight is 390 g/mol. The van der Waals surface area contributed by atoms with Crippen molar-refractivity contribution in [3.63, 3.8) is 0 Å². The number of aromatic nitrogens is 2. The molecule has 0 spiro atoms. The van der Waals surface area contributed by atoms with Crippen LogP contribution in [0.4, 0.5) is 5.82 Å². The summed E-state index contributed by atoms with van der Waals surface area (Å²) < 4.78 is 5.55. The van der Waals surface area contributed by atoms with Gasteiger partial charge in [-0.25, -0.2) is 9.97 Å². The molecule has 29 heavy (non-hydrogen) atoms. The van der Waals surface area contributed by atoms with Gasteiger partial charge < -0.3 is 15.0 Å². The zero-order valence-electron chi connectivity index (χ0n) is 17.3. The van der Waals surface area contributed by atoms with Crippen LogP contribution in [0.2, 0.25) is 0 Å². The van der Waals surface area contributed by atoms with Crippen LogP contribution in [0.3, 0.4) is 0 Å². The first-order valence-electron chi connectivity index (χ1n) is 9.54. The smallest absolute Gasteiger partial charge is 0.137 e. The van der Waals surface area contributed by atoms with E-state index in [0.29, 0.717) is 5.82 Å². The number of nitrogens with zero attached hydrogens (tertiary/aromatic N) is 3. The molecule has 0 saturated heterocycles. The van der Waals surface area contributed by atoms with Crippen molar-refractivity contribution in [2.24, 2.45) is 0 Å². The SMILES string of the molecule is COc1ccc(CNC(C)c2ccc(C)cc2)cc1-c1cc(N(C)C=N)ncn1. The van der Waals surface area contributed by atoms with Gasteiger partial charge in [0.05, 0.1) is 19.1 Å². The summed E-state index contributed by atoms with van der Waals surface area (Å²) in [5.41, 5.74) is 5.32. The fourth-order valence-corrected chi connectivity index (χ4v) is 3.06. The van der Waals surface area contributed by atoms with Gasteiger partial charge in [0, 0.05) is 31.3 Å². The fourth-order valence-electron chi connectivity index (χ4n) is 3.06. The predicted octanol–water partition coefficient (Wildman–Crippen LogP) is 4.35. The first-order chi connectivity index (χ1) is 14.0. The number of methoxy groups -OCH3 is 1. The lowest BCUT2D eigenvalue weighted by Gasteiger charge is -2.16. The minimum Gasteiger partial charge on any atom is -0.496 e. The molecule has 0 aliphatic rings. The summed E-state index contributed by atoms with van der Waals surface area (Å²) >= 11 is 0. The highest BCUT2D eigenvalue weighted by Gasteiger charge is 2.12. The van der Waals surface area contributed by atoms with Gasteiger partial charge in [0.15, 0.2) is 0 Å². The van der Waals surface area contributed by atoms with Gasteiger partial charge >= 0.3 is 0 Å². The molecule has 1 heterocycles. The van der Waals surface area contributed by atoms with E-state index in [1.54, 1.807) is 19.1 Å². The molecule has 0 aliphatic heterocycles. The van der Waals surface area contributed by atoms with Gasteiger partial charge in [0.25, 0.3) is 0 Å². The monoisotopic (exact) mass is 389 g/mol. The maximum atomic E-state index is 7.42. The quantitative estimate of drug-likeness (QED) is 0.442. The van der Waals surface area contributed by atoms with Crippen molar-refractivity contribution >= 4 is 12.2 Å². The number of aryl methyl sites for hydroxylation is 1. The van der Waals surface area contributed by atoms with Crippen LogP contribution < -0.4 is 15.0 Å². The van der Waals surface area contributed by atoms with Crippen LogP contribution in [0.5, 0.6) is 5.75 Å². The Morgan fingerprint density at radius 1 is 1.14 bits per heavy atom. The van der Waals surface area contributed by atoms with Crippen molar-refractivity contribution < 1.29 is 4.74 Å². The van der Waals surface area contributed by atoms with Crippen LogP contribution in [-0.2, 0) is 6.54 Å². The summed E-state index contributed by atoms with van der Waals surface area (Å²) in [6.45, 7) is 4.99. The van der Waals surface area contributed by atoms with E-state index >= 15 is 0 Å². The largest absolute Gasteiger partial charge is 0.496 e. The molecule has 0 radical (unpaired) electrons. The first-order valence-corrected chi connectivity index (χ1v) is 9.54. The zero-order valence-corrected chi connectivity index (χ0v) is 17.3. The molecule has 3 aromatic rings. The topological polar surface area (TPSA) is 74.1 Å². The van der Waals surface area contributed by atoms with Gasteiger partial charge in [-0.3, -0.25) is 5.41 Å². The summed E-state index contributed by atoms with van der Waals surface area (Å²) in [5.74, 6) is 1.41. The summed E-state index contributed by atoms with van der Waals surface area (Å²) in [6.07, 6.45) is 2.73. The normalized spacial score (nSPS) is 11.7. The molecular weight excluding hydrogens is 362 g/mol. The van der Waals surface area contributed by atoms with E-state index in [1.165, 1.54) is 23.8 Å². The lowest BCUT2D eigenvalue weighted by atomic mass is 10.0. The molecule has 2 N–H and O–H groups in total. The van der Waals surface area contributed by atoms with Crippen molar-refractivity contribution in [3.05, 3.63) is 71.5 Å². The van der Waals surface area contributed by atoms with E-state index in [-0.39, 0.29) is 6.04 Å². The molecule has 6 nitrogen and oxygen atoms in total. The number of ether oxygens (including phenoxy) is 1. The van der Waals surface area contributed by atoms with Crippen molar-refractivity contribution in [3.8, 4) is 17.0 Å². The van der Waals surface area contributed by atoms with Crippen LogP contribution in [0, 0.1) is 12.3 Å². The van der Waals surface area contributed by atoms with Crippen LogP contribution in [-0.4, -0.2) is 30.5 Å². The Morgan fingerprint density at radius 2 is 1.90 bits per heavy atom. The van der Waals surface area contributed by atoms with E-state index < -0.39 is 0 Å². The first kappa shape index (κ1) is 20.5. The van der Waals surface area contributed by atoms with Crippen molar-refractivity contribution in [2.75, 3.05) is 19.1 Å². The number of hydrogen-bond donors (Lipinski definition) is 2. The molecule has 0 bridgehead atoms. The minimum absolute atomic E-state index is 0.244. The Morgan fingerprint density at radius 3 is 2.59 bits per heavy atom. The molecule has 0 amide bonds. The van der Waals surface area contributed by atoms with Crippen molar-refractivity contribution in [1.82, 2.24) is 15.3 Å². The average Bonchev–Trinajstić information content (AvgIpc) is 2.77. The highest BCUT2D eigenvalue weighted by atomic mass is 16.5. The molecular formula is C23H27N5O. The Balaban J connectivity index is 1.82. The molecule has 2 aromatic carbocycles. The van der Waals surface area contributed by atoms with Gasteiger partial charge in [-0.1, -0.05) is 35.9 Å². The van der Waals surface area contributed by atoms with Gasteiger partial charge in [-0.15, -0.1) is 0 Å². The van der Waals surface area contributed by atoms with E-state index in [9.17, 15) is 0 Å². The Kier molecular flexibility index (Phi) is 6.57. The van der Waals surface area contributed by atoms with Gasteiger partial charge in [0.2, 0.25) is 0 Å². The zero-order chi connectivity index (χ0) is 20.8. The maximum absolute atomic E-state index is 7.42. The van der Waals surface area contributed by atoms with Gasteiger partial charge in [0.1, 0.15) is 17.9 Å². The fraction of sp³-hybridized carbons (Fsp3) is 0.261. The standard InChI is InChI=1S/C23H27N5O/c1-16-5-8-19(9-6-16)17(2)25-13-18-7-10-22(29-4)20(11-18)21-12-23(27-15-26-21)28(3)14-24/h5-12,14-15,17,24-25H,13H2,1-4H3. The molecule has 6 heteroatoms. The Labute approximate surface area is 172 Å². The summed E-state index contributed by atoms with van der Waals surface area (Å²) in [6, 6.07) is 16.8. The van der Waals surface area contributed by atoms with E-state index in [2.05, 4.69) is 65.5 Å². The number of hydrogen-bond acceptors (Lipinski definition) is 5. The van der Waals surface area contributed by atoms with Crippen LogP contribution >= 0.6 is 0 Å². The molecule has 1 atom stereocenters. The number of nitrogens with one attached hydrogen (secondary N) is 2. The number of rotatable bonds is 8. The van der Waals surface area contributed by atoms with Gasteiger partial charge in [-0.05, 0) is 37.1 Å². The number of benzene rings is 2. The Hall–Kier alpha value is -3.25. The molecule has 3 rings (SSSR count). The third-order valence-electron chi connectivity index (χ3n) is 4.94. The van der Waals surface area contributed by atoms with Crippen molar-refractivity contribution in [2.45, 2.75) is 26.4 Å². The van der Waals surface area contributed by atoms with E-state index in [0.717, 1.165) is 29.1 Å². The second-order valence-electron chi connectivity index (χ2n) is 7.05. The van der Waals surface area contributed by atoms with Crippen LogP contribution in [0.25, 0.3) is 11.3 Å². The second-order valence-corrected chi connectivity index (χ2v) is 7.05. The van der Waals surface area contributed by atoms with E-state index in [4.69, 9.17) is 10.1 Å². The summed E-state index contributed by atoms with van der Waals surface area (Å²) in [5, 5.41) is 11.0. The lowest BCUT2D eigenvalue weighted by molar-refractivity contribution is 0.416. The predicted molar refractivity (Wildman–Crippen MR) is 118 cm³/mol. The third-order valence-corrected chi connectivity index (χ3v) is 4.94. The maximum Gasteiger partial charge on any atom is 0.137 e. The molecule has 0 fully saturated rings. The van der Waals surface area contributed by atoms with Crippen LogP contribution in [0.1, 0.15) is 29.7 Å². The van der Waals surface area contributed by atoms with E-state index in [1.807, 2.05) is 12.1 Å². The Bertz CT molecular complexity index is 971. The minimum atomic E-state index is 0.244. The van der Waals surface area contributed by atoms with Crippen molar-refractivity contribution in [1.29, 1.82) is 5.41 Å². The second kappa shape index (κ2) is 9.30. The highest BCUT2D eigenvalue weighted by molar-refractivity contribution is 5.77. The van der Waals surface area contributed by atoms with Gasteiger partial charge in [-0.2, -0.15) is 0 Å². The molecule has 1 unspecified atom stereocenters. The molecule has 0 saturated carbocycles. The van der Waals surface area contributed by atoms with Crippen LogP contribution in [0.15, 0.2) is 54.9 Å². The third kappa shape index (κ3) is 4.97. The molecule has 150 valence electrons. The molecule has 1 aromatic heterocycles. The molecule has 0 aliphatic carbocycles. The lowest BCUT2D eigenvalue weighted by Crippen LogP contribution is -2.18. The number of anilines is 1. The highest BCUT2D eigenvalue weighted by Crippen LogP contribution is 2.31. The summed E-state index contributed by atoms with van der Waals surface area (Å²) in [7, 11) is 3.44.